The minimum Gasteiger partial charge on any atom is -0.463 e. The summed E-state index contributed by atoms with van der Waals surface area (Å²) in [4.78, 5) is 20.8. The number of hydrogen-bond donors (Lipinski definition) is 1. The quantitative estimate of drug-likeness (QED) is 0.141. The first-order chi connectivity index (χ1) is 14.0. The second-order valence-electron chi connectivity index (χ2n) is 8.34. The fraction of sp³-hybridized carbons (Fsp3) is 0.955. The van der Waals surface area contributed by atoms with Gasteiger partial charge in [0.2, 0.25) is 5.91 Å². The molecule has 1 fully saturated rings. The van der Waals surface area contributed by atoms with Crippen molar-refractivity contribution in [3.8, 4) is 0 Å². The SMILES string of the molecule is CCCCCCCCCCCCCCCCCC(=O)OC[C@@H]1CC(F)P(=O)(O)O1. The number of esters is 1. The molecule has 7 heteroatoms. The highest BCUT2D eigenvalue weighted by Crippen LogP contribution is 2.56. The Labute approximate surface area is 176 Å². The van der Waals surface area contributed by atoms with E-state index in [1.165, 1.54) is 77.0 Å². The van der Waals surface area contributed by atoms with Gasteiger partial charge in [0.05, 0.1) is 0 Å². The van der Waals surface area contributed by atoms with Crippen LogP contribution in [0.2, 0.25) is 0 Å². The molecule has 1 saturated heterocycles. The van der Waals surface area contributed by atoms with E-state index < -0.39 is 19.6 Å². The van der Waals surface area contributed by atoms with E-state index in [-0.39, 0.29) is 19.0 Å². The van der Waals surface area contributed by atoms with Gasteiger partial charge in [-0.25, -0.2) is 4.39 Å². The molecule has 1 aliphatic heterocycles. The maximum absolute atomic E-state index is 13.2. The number of ether oxygens (including phenoxy) is 1. The predicted molar refractivity (Wildman–Crippen MR) is 115 cm³/mol. The average molecular weight is 437 g/mol. The molecule has 0 amide bonds. The van der Waals surface area contributed by atoms with Crippen molar-refractivity contribution in [2.24, 2.45) is 0 Å². The number of carbonyl (C=O) groups is 1. The van der Waals surface area contributed by atoms with Crippen LogP contribution in [0, 0.1) is 0 Å². The van der Waals surface area contributed by atoms with Crippen molar-refractivity contribution in [2.45, 2.75) is 128 Å². The molecular weight excluding hydrogens is 394 g/mol. The van der Waals surface area contributed by atoms with Gasteiger partial charge in [0, 0.05) is 12.8 Å². The summed E-state index contributed by atoms with van der Waals surface area (Å²) in [6.07, 6.45) is 18.4. The van der Waals surface area contributed by atoms with Gasteiger partial charge in [-0.1, -0.05) is 96.8 Å². The molecule has 0 saturated carbocycles. The lowest BCUT2D eigenvalue weighted by atomic mass is 10.0. The molecule has 0 aromatic carbocycles. The van der Waals surface area contributed by atoms with Crippen molar-refractivity contribution in [1.29, 1.82) is 0 Å². The minimum atomic E-state index is -4.16. The van der Waals surface area contributed by atoms with Crippen molar-refractivity contribution in [3.63, 3.8) is 0 Å². The smallest absolute Gasteiger partial charge is 0.362 e. The third-order valence-electron chi connectivity index (χ3n) is 5.53. The Kier molecular flexibility index (Phi) is 14.9. The molecule has 2 unspecified atom stereocenters. The minimum absolute atomic E-state index is 0.150. The Morgan fingerprint density at radius 2 is 1.38 bits per heavy atom. The number of rotatable bonds is 18. The second-order valence-corrected chi connectivity index (χ2v) is 10.2. The van der Waals surface area contributed by atoms with E-state index in [2.05, 4.69) is 6.92 Å². The van der Waals surface area contributed by atoms with Crippen LogP contribution in [-0.4, -0.2) is 29.5 Å². The first-order valence-corrected chi connectivity index (χ1v) is 13.4. The summed E-state index contributed by atoms with van der Waals surface area (Å²) >= 11 is 0. The molecule has 0 aromatic rings. The van der Waals surface area contributed by atoms with Crippen molar-refractivity contribution in [2.75, 3.05) is 6.61 Å². The topological polar surface area (TPSA) is 72.8 Å². The molecule has 172 valence electrons. The van der Waals surface area contributed by atoms with E-state index in [1.807, 2.05) is 0 Å². The Balaban J connectivity index is 1.81. The zero-order chi connectivity index (χ0) is 21.4. The van der Waals surface area contributed by atoms with Gasteiger partial charge in [-0.15, -0.1) is 0 Å². The number of alkyl halides is 1. The summed E-state index contributed by atoms with van der Waals surface area (Å²) in [5.41, 5.74) is 0. The van der Waals surface area contributed by atoms with Crippen molar-refractivity contribution < 1.29 is 27.9 Å². The van der Waals surface area contributed by atoms with Gasteiger partial charge in [0.1, 0.15) is 12.7 Å². The maximum atomic E-state index is 13.2. The van der Waals surface area contributed by atoms with Crippen LogP contribution in [0.25, 0.3) is 0 Å². The van der Waals surface area contributed by atoms with Crippen LogP contribution in [0.3, 0.4) is 0 Å². The second kappa shape index (κ2) is 16.3. The molecule has 1 N–H and O–H groups in total. The number of halogens is 1. The number of unbranched alkanes of at least 4 members (excludes halogenated alkanes) is 14. The summed E-state index contributed by atoms with van der Waals surface area (Å²) in [7, 11) is -4.16. The van der Waals surface area contributed by atoms with Gasteiger partial charge >= 0.3 is 13.6 Å². The molecule has 1 aliphatic rings. The Bertz CT molecular complexity index is 474. The third kappa shape index (κ3) is 13.5. The van der Waals surface area contributed by atoms with Crippen molar-refractivity contribution >= 4 is 13.6 Å². The van der Waals surface area contributed by atoms with E-state index in [0.29, 0.717) is 6.42 Å². The molecular formula is C22H42FO5P. The number of carbonyl (C=O) groups excluding carboxylic acids is 1. The Morgan fingerprint density at radius 3 is 1.79 bits per heavy atom. The normalized spacial score (nSPS) is 24.1. The summed E-state index contributed by atoms with van der Waals surface area (Å²) < 4.78 is 34.2. The first kappa shape index (κ1) is 26.6. The van der Waals surface area contributed by atoms with Gasteiger partial charge < -0.3 is 9.63 Å². The zero-order valence-electron chi connectivity index (χ0n) is 18.3. The highest BCUT2D eigenvalue weighted by molar-refractivity contribution is 7.53. The van der Waals surface area contributed by atoms with E-state index in [1.54, 1.807) is 0 Å². The van der Waals surface area contributed by atoms with Gasteiger partial charge in [0.15, 0.2) is 0 Å². The van der Waals surface area contributed by atoms with Crippen LogP contribution >= 0.6 is 7.60 Å². The molecule has 3 atom stereocenters. The fourth-order valence-electron chi connectivity index (χ4n) is 3.67. The van der Waals surface area contributed by atoms with Crippen LogP contribution in [0.4, 0.5) is 4.39 Å². The van der Waals surface area contributed by atoms with E-state index in [0.717, 1.165) is 19.3 Å². The van der Waals surface area contributed by atoms with E-state index in [4.69, 9.17) is 14.2 Å². The molecule has 0 aliphatic carbocycles. The average Bonchev–Trinajstić information content (AvgIpc) is 2.95. The lowest BCUT2D eigenvalue weighted by molar-refractivity contribution is -0.146. The molecule has 1 heterocycles. The summed E-state index contributed by atoms with van der Waals surface area (Å²) in [6, 6.07) is 0. The highest BCUT2D eigenvalue weighted by Gasteiger charge is 2.44. The molecule has 0 radical (unpaired) electrons. The van der Waals surface area contributed by atoms with Gasteiger partial charge in [-0.05, 0) is 6.42 Å². The lowest BCUT2D eigenvalue weighted by Crippen LogP contribution is -2.17. The van der Waals surface area contributed by atoms with Crippen LogP contribution in [0.1, 0.15) is 116 Å². The Morgan fingerprint density at radius 1 is 0.931 bits per heavy atom. The van der Waals surface area contributed by atoms with E-state index >= 15 is 0 Å². The van der Waals surface area contributed by atoms with Crippen molar-refractivity contribution in [3.05, 3.63) is 0 Å². The van der Waals surface area contributed by atoms with Gasteiger partial charge in [-0.3, -0.25) is 13.9 Å². The van der Waals surface area contributed by atoms with Crippen LogP contribution < -0.4 is 0 Å². The molecule has 0 spiro atoms. The Hall–Kier alpha value is -0.450. The maximum Gasteiger partial charge on any atom is 0.362 e. The predicted octanol–water partition coefficient (Wildman–Crippen LogP) is 7.06. The van der Waals surface area contributed by atoms with Crippen LogP contribution in [0.5, 0.6) is 0 Å². The molecule has 29 heavy (non-hydrogen) atoms. The van der Waals surface area contributed by atoms with E-state index in [9.17, 15) is 13.8 Å². The van der Waals surface area contributed by atoms with Gasteiger partial charge in [-0.2, -0.15) is 0 Å². The highest BCUT2D eigenvalue weighted by atomic mass is 31.2. The molecule has 1 rings (SSSR count). The van der Waals surface area contributed by atoms with Crippen LogP contribution in [-0.2, 0) is 18.6 Å². The number of hydrogen-bond acceptors (Lipinski definition) is 4. The molecule has 5 nitrogen and oxygen atoms in total. The first-order valence-electron chi connectivity index (χ1n) is 11.8. The van der Waals surface area contributed by atoms with Crippen LogP contribution in [0.15, 0.2) is 0 Å². The summed E-state index contributed by atoms with van der Waals surface area (Å²) in [6.45, 7) is 2.10. The summed E-state index contributed by atoms with van der Waals surface area (Å²) in [5, 5.41) is 0. The van der Waals surface area contributed by atoms with Gasteiger partial charge in [0.25, 0.3) is 0 Å². The largest absolute Gasteiger partial charge is 0.463 e. The standard InChI is InChI=1S/C22H42FO5P/c1-2-3-4-5-6-7-8-9-10-11-12-13-14-15-16-17-22(24)27-19-20-18-21(23)29(25,26)28-20/h20-21H,2-19H2,1H3,(H,25,26)/t20-,21?/m0/s1. The summed E-state index contributed by atoms with van der Waals surface area (Å²) in [5.74, 6) is -2.22. The zero-order valence-corrected chi connectivity index (χ0v) is 19.2. The molecule has 0 bridgehead atoms. The third-order valence-corrected chi connectivity index (χ3v) is 7.05. The lowest BCUT2D eigenvalue weighted by Gasteiger charge is -2.10. The molecule has 0 aromatic heterocycles. The fourth-order valence-corrected chi connectivity index (χ4v) is 4.88. The van der Waals surface area contributed by atoms with Crippen molar-refractivity contribution in [1.82, 2.24) is 0 Å². The monoisotopic (exact) mass is 436 g/mol.